The highest BCUT2D eigenvalue weighted by Crippen LogP contribution is 2.19. The number of hydrogen-bond acceptors (Lipinski definition) is 4. The Morgan fingerprint density at radius 3 is 2.24 bits per heavy atom. The van der Waals surface area contributed by atoms with Gasteiger partial charge < -0.3 is 10.6 Å². The van der Waals surface area contributed by atoms with Gasteiger partial charge in [0.25, 0.3) is 0 Å². The zero-order chi connectivity index (χ0) is 20.8. The van der Waals surface area contributed by atoms with Gasteiger partial charge in [-0.15, -0.1) is 11.3 Å². The lowest BCUT2D eigenvalue weighted by molar-refractivity contribution is -0.115. The second-order valence-electron chi connectivity index (χ2n) is 6.73. The molecule has 8 heteroatoms. The van der Waals surface area contributed by atoms with Gasteiger partial charge in [0, 0.05) is 16.8 Å². The summed E-state index contributed by atoms with van der Waals surface area (Å²) in [6.45, 7) is 4.22. The van der Waals surface area contributed by atoms with Gasteiger partial charge in [0.2, 0.25) is 5.91 Å². The molecule has 0 fully saturated rings. The Balaban J connectivity index is 1.50. The largest absolute Gasteiger partial charge is 0.326 e. The molecule has 1 heterocycles. The van der Waals surface area contributed by atoms with Crippen LogP contribution in [0.25, 0.3) is 0 Å². The number of carbonyl (C=O) groups is 2. The summed E-state index contributed by atoms with van der Waals surface area (Å²) in [6.07, 6.45) is 0.101. The number of anilines is 3. The van der Waals surface area contributed by atoms with Crippen LogP contribution in [0.5, 0.6) is 0 Å². The van der Waals surface area contributed by atoms with Crippen LogP contribution in [0.15, 0.2) is 53.9 Å². The lowest BCUT2D eigenvalue weighted by Crippen LogP contribution is -2.19. The molecule has 3 aromatic rings. The van der Waals surface area contributed by atoms with Gasteiger partial charge in [0.1, 0.15) is 5.82 Å². The Kier molecular flexibility index (Phi) is 6.56. The average Bonchev–Trinajstić information content (AvgIpc) is 3.10. The fraction of sp³-hybridized carbons (Fsp3) is 0.190. The first-order valence-corrected chi connectivity index (χ1v) is 9.95. The van der Waals surface area contributed by atoms with Crippen LogP contribution in [0.1, 0.15) is 31.0 Å². The maximum atomic E-state index is 12.9. The van der Waals surface area contributed by atoms with E-state index >= 15 is 0 Å². The van der Waals surface area contributed by atoms with Crippen molar-refractivity contribution in [3.8, 4) is 0 Å². The summed E-state index contributed by atoms with van der Waals surface area (Å²) in [4.78, 5) is 28.5. The molecule has 0 saturated heterocycles. The highest BCUT2D eigenvalue weighted by atomic mass is 32.1. The van der Waals surface area contributed by atoms with Gasteiger partial charge >= 0.3 is 6.03 Å². The number of nitrogens with one attached hydrogen (secondary N) is 3. The lowest BCUT2D eigenvalue weighted by atomic mass is 10.0. The molecule has 6 nitrogen and oxygen atoms in total. The van der Waals surface area contributed by atoms with E-state index in [2.05, 4.69) is 34.8 Å². The summed E-state index contributed by atoms with van der Waals surface area (Å²) in [5.41, 5.74) is 2.95. The highest BCUT2D eigenvalue weighted by molar-refractivity contribution is 7.14. The topological polar surface area (TPSA) is 83.1 Å². The van der Waals surface area contributed by atoms with E-state index in [9.17, 15) is 14.0 Å². The third-order valence-electron chi connectivity index (χ3n) is 4.08. The van der Waals surface area contributed by atoms with Gasteiger partial charge in [-0.2, -0.15) is 0 Å². The third-order valence-corrected chi connectivity index (χ3v) is 4.88. The molecule has 0 aliphatic heterocycles. The smallest absolute Gasteiger partial charge is 0.325 e. The van der Waals surface area contributed by atoms with Gasteiger partial charge in [-0.3, -0.25) is 10.1 Å². The Morgan fingerprint density at radius 1 is 0.966 bits per heavy atom. The van der Waals surface area contributed by atoms with Gasteiger partial charge in [-0.25, -0.2) is 14.2 Å². The second-order valence-corrected chi connectivity index (χ2v) is 7.59. The SMILES string of the molecule is CC(C)c1ccc(NC(=O)Cc2csc(NC(=O)Nc3ccc(F)cc3)n2)cc1. The number of aromatic nitrogens is 1. The van der Waals surface area contributed by atoms with E-state index in [-0.39, 0.29) is 18.1 Å². The summed E-state index contributed by atoms with van der Waals surface area (Å²) in [6, 6.07) is 12.7. The molecule has 1 aromatic heterocycles. The third kappa shape index (κ3) is 6.11. The first-order chi connectivity index (χ1) is 13.9. The Labute approximate surface area is 172 Å². The molecule has 0 unspecified atom stereocenters. The molecule has 0 radical (unpaired) electrons. The van der Waals surface area contributed by atoms with E-state index in [0.29, 0.717) is 22.4 Å². The summed E-state index contributed by atoms with van der Waals surface area (Å²) >= 11 is 1.22. The molecular weight excluding hydrogens is 391 g/mol. The van der Waals surface area contributed by atoms with Crippen molar-refractivity contribution >= 4 is 39.8 Å². The molecule has 29 heavy (non-hydrogen) atoms. The summed E-state index contributed by atoms with van der Waals surface area (Å²) in [5, 5.41) is 10.1. The molecule has 2 aromatic carbocycles. The number of hydrogen-bond donors (Lipinski definition) is 3. The molecule has 0 aliphatic rings. The molecule has 3 N–H and O–H groups in total. The number of thiazole rings is 1. The Morgan fingerprint density at radius 2 is 1.59 bits per heavy atom. The van der Waals surface area contributed by atoms with Gasteiger partial charge in [0.15, 0.2) is 5.13 Å². The standard InChI is InChI=1S/C21H21FN4O2S/c1-13(2)14-3-7-16(8-4-14)23-19(27)11-18-12-29-21(25-18)26-20(28)24-17-9-5-15(22)6-10-17/h3-10,12-13H,11H2,1-2H3,(H,23,27)(H2,24,25,26,28). The van der Waals surface area contributed by atoms with Crippen LogP contribution in [0.3, 0.4) is 0 Å². The number of halogens is 1. The molecule has 0 saturated carbocycles. The first-order valence-electron chi connectivity index (χ1n) is 9.07. The van der Waals surface area contributed by atoms with Crippen molar-refractivity contribution in [2.24, 2.45) is 0 Å². The fourth-order valence-corrected chi connectivity index (χ4v) is 3.26. The van der Waals surface area contributed by atoms with Crippen LogP contribution in [-0.2, 0) is 11.2 Å². The molecule has 0 bridgehead atoms. The normalized spacial score (nSPS) is 10.6. The number of benzene rings is 2. The minimum Gasteiger partial charge on any atom is -0.326 e. The van der Waals surface area contributed by atoms with E-state index in [4.69, 9.17) is 0 Å². The second kappa shape index (κ2) is 9.29. The summed E-state index contributed by atoms with van der Waals surface area (Å²) in [5.74, 6) is -0.134. The van der Waals surface area contributed by atoms with Gasteiger partial charge in [-0.05, 0) is 47.9 Å². The lowest BCUT2D eigenvalue weighted by Gasteiger charge is -2.08. The maximum Gasteiger partial charge on any atom is 0.325 e. The van der Waals surface area contributed by atoms with Crippen molar-refractivity contribution in [1.82, 2.24) is 4.98 Å². The zero-order valence-corrected chi connectivity index (χ0v) is 16.8. The van der Waals surface area contributed by atoms with Crippen LogP contribution in [-0.4, -0.2) is 16.9 Å². The van der Waals surface area contributed by atoms with E-state index < -0.39 is 6.03 Å². The van der Waals surface area contributed by atoms with Crippen LogP contribution < -0.4 is 16.0 Å². The number of urea groups is 1. The molecular formula is C21H21FN4O2S. The van der Waals surface area contributed by atoms with Gasteiger partial charge in [0.05, 0.1) is 12.1 Å². The van der Waals surface area contributed by atoms with Gasteiger partial charge in [-0.1, -0.05) is 26.0 Å². The van der Waals surface area contributed by atoms with E-state index in [1.54, 1.807) is 5.38 Å². The van der Waals surface area contributed by atoms with E-state index in [0.717, 1.165) is 5.69 Å². The minimum absolute atomic E-state index is 0.101. The quantitative estimate of drug-likeness (QED) is 0.518. The first kappa shape index (κ1) is 20.5. The van der Waals surface area contributed by atoms with Crippen molar-refractivity contribution in [2.75, 3.05) is 16.0 Å². The number of amides is 3. The van der Waals surface area contributed by atoms with Crippen molar-refractivity contribution in [3.05, 3.63) is 71.0 Å². The number of rotatable bonds is 6. The van der Waals surface area contributed by atoms with Crippen LogP contribution in [0.4, 0.5) is 25.7 Å². The molecule has 150 valence electrons. The average molecular weight is 412 g/mol. The predicted octanol–water partition coefficient (Wildman–Crippen LogP) is 5.23. The maximum absolute atomic E-state index is 12.9. The van der Waals surface area contributed by atoms with Crippen LogP contribution in [0.2, 0.25) is 0 Å². The highest BCUT2D eigenvalue weighted by Gasteiger charge is 2.11. The van der Waals surface area contributed by atoms with Crippen molar-refractivity contribution in [1.29, 1.82) is 0 Å². The Bertz CT molecular complexity index is 985. The number of nitrogens with zero attached hydrogens (tertiary/aromatic N) is 1. The minimum atomic E-state index is -0.493. The monoisotopic (exact) mass is 412 g/mol. The number of carbonyl (C=O) groups excluding carboxylic acids is 2. The Hall–Kier alpha value is -3.26. The summed E-state index contributed by atoms with van der Waals surface area (Å²) in [7, 11) is 0. The predicted molar refractivity (Wildman–Crippen MR) is 114 cm³/mol. The van der Waals surface area contributed by atoms with Crippen molar-refractivity contribution in [2.45, 2.75) is 26.2 Å². The van der Waals surface area contributed by atoms with Crippen molar-refractivity contribution < 1.29 is 14.0 Å². The molecule has 0 atom stereocenters. The van der Waals surface area contributed by atoms with E-state index in [1.165, 1.54) is 41.2 Å². The molecule has 3 amide bonds. The molecule has 0 aliphatic carbocycles. The van der Waals surface area contributed by atoms with Crippen molar-refractivity contribution in [3.63, 3.8) is 0 Å². The molecule has 0 spiro atoms. The van der Waals surface area contributed by atoms with Crippen LogP contribution in [0, 0.1) is 5.82 Å². The van der Waals surface area contributed by atoms with E-state index in [1.807, 2.05) is 24.3 Å². The zero-order valence-electron chi connectivity index (χ0n) is 16.0. The molecule has 3 rings (SSSR count). The van der Waals surface area contributed by atoms with Crippen LogP contribution >= 0.6 is 11.3 Å². The summed E-state index contributed by atoms with van der Waals surface area (Å²) < 4.78 is 12.9. The fourth-order valence-electron chi connectivity index (χ4n) is 2.56.